The van der Waals surface area contributed by atoms with Crippen molar-refractivity contribution in [2.75, 3.05) is 10.2 Å². The van der Waals surface area contributed by atoms with Gasteiger partial charge < -0.3 is 15.2 Å². The summed E-state index contributed by atoms with van der Waals surface area (Å²) >= 11 is 0. The van der Waals surface area contributed by atoms with E-state index < -0.39 is 17.6 Å². The highest BCUT2D eigenvalue weighted by Gasteiger charge is 2.44. The topological polar surface area (TPSA) is 95.9 Å². The first-order valence-electron chi connectivity index (χ1n) is 9.29. The number of aromatic carboxylic acids is 1. The van der Waals surface area contributed by atoms with Gasteiger partial charge in [0.1, 0.15) is 11.8 Å². The van der Waals surface area contributed by atoms with Crippen LogP contribution >= 0.6 is 0 Å². The molecular weight excluding hydrogens is 372 g/mol. The molecule has 7 nitrogen and oxygen atoms in total. The molecule has 3 rings (SSSR count). The van der Waals surface area contributed by atoms with Crippen LogP contribution in [-0.4, -0.2) is 34.5 Å². The van der Waals surface area contributed by atoms with Gasteiger partial charge in [-0.3, -0.25) is 14.5 Å². The van der Waals surface area contributed by atoms with Crippen LogP contribution in [0.2, 0.25) is 0 Å². The number of carbonyl (C=O) groups is 3. The van der Waals surface area contributed by atoms with Crippen LogP contribution in [0.3, 0.4) is 0 Å². The zero-order valence-corrected chi connectivity index (χ0v) is 17.1. The SMILES string of the molecule is Cc1ccc(C)c(NC(=O)C(C)N2C(=O)C(C)(C)Oc3cc(C(=O)O)ccc32)c1. The second-order valence-corrected chi connectivity index (χ2v) is 7.76. The Bertz CT molecular complexity index is 1010. The Morgan fingerprint density at radius 3 is 2.48 bits per heavy atom. The number of ether oxygens (including phenoxy) is 1. The molecule has 29 heavy (non-hydrogen) atoms. The van der Waals surface area contributed by atoms with Gasteiger partial charge in [0, 0.05) is 5.69 Å². The second-order valence-electron chi connectivity index (χ2n) is 7.76. The molecule has 1 aliphatic rings. The normalized spacial score (nSPS) is 15.9. The number of carboxylic acid groups (broad SMARTS) is 1. The Kier molecular flexibility index (Phi) is 5.09. The van der Waals surface area contributed by atoms with Crippen LogP contribution in [-0.2, 0) is 9.59 Å². The van der Waals surface area contributed by atoms with Gasteiger partial charge in [0.05, 0.1) is 11.3 Å². The molecule has 0 radical (unpaired) electrons. The average molecular weight is 396 g/mol. The van der Waals surface area contributed by atoms with Crippen molar-refractivity contribution in [3.8, 4) is 5.75 Å². The molecule has 1 unspecified atom stereocenters. The molecule has 0 aromatic heterocycles. The molecule has 0 aliphatic carbocycles. The number of benzene rings is 2. The van der Waals surface area contributed by atoms with Gasteiger partial charge in [0.15, 0.2) is 5.60 Å². The highest BCUT2D eigenvalue weighted by molar-refractivity contribution is 6.09. The van der Waals surface area contributed by atoms with Crippen LogP contribution in [0.1, 0.15) is 42.3 Å². The van der Waals surface area contributed by atoms with E-state index in [1.807, 2.05) is 32.0 Å². The van der Waals surface area contributed by atoms with Crippen molar-refractivity contribution in [3.63, 3.8) is 0 Å². The summed E-state index contributed by atoms with van der Waals surface area (Å²) in [5, 5.41) is 12.1. The fraction of sp³-hybridized carbons (Fsp3) is 0.318. The number of nitrogens with zero attached hydrogens (tertiary/aromatic N) is 1. The van der Waals surface area contributed by atoms with E-state index >= 15 is 0 Å². The van der Waals surface area contributed by atoms with Gasteiger partial charge in [-0.15, -0.1) is 0 Å². The highest BCUT2D eigenvalue weighted by Crippen LogP contribution is 2.39. The Balaban J connectivity index is 1.97. The fourth-order valence-electron chi connectivity index (χ4n) is 3.26. The third-order valence-corrected chi connectivity index (χ3v) is 4.98. The van der Waals surface area contributed by atoms with Gasteiger partial charge in [0.25, 0.3) is 5.91 Å². The molecule has 0 spiro atoms. The summed E-state index contributed by atoms with van der Waals surface area (Å²) < 4.78 is 5.75. The zero-order chi connectivity index (χ0) is 21.5. The van der Waals surface area contributed by atoms with Crippen molar-refractivity contribution in [1.29, 1.82) is 0 Å². The third-order valence-electron chi connectivity index (χ3n) is 4.98. The number of anilines is 2. The molecule has 2 amide bonds. The third kappa shape index (κ3) is 3.81. The van der Waals surface area contributed by atoms with Crippen molar-refractivity contribution in [2.24, 2.45) is 0 Å². The lowest BCUT2D eigenvalue weighted by Crippen LogP contribution is -2.58. The van der Waals surface area contributed by atoms with Gasteiger partial charge >= 0.3 is 5.97 Å². The predicted octanol–water partition coefficient (Wildman–Crippen LogP) is 3.53. The second kappa shape index (κ2) is 7.24. The molecule has 2 N–H and O–H groups in total. The van der Waals surface area contributed by atoms with E-state index in [0.717, 1.165) is 11.1 Å². The fourth-order valence-corrected chi connectivity index (χ4v) is 3.26. The van der Waals surface area contributed by atoms with Crippen molar-refractivity contribution in [3.05, 3.63) is 53.1 Å². The van der Waals surface area contributed by atoms with Gasteiger partial charge in [-0.1, -0.05) is 12.1 Å². The van der Waals surface area contributed by atoms with Crippen LogP contribution in [0, 0.1) is 13.8 Å². The number of fused-ring (bicyclic) bond motifs is 1. The highest BCUT2D eigenvalue weighted by atomic mass is 16.5. The quantitative estimate of drug-likeness (QED) is 0.824. The number of hydrogen-bond acceptors (Lipinski definition) is 4. The minimum Gasteiger partial charge on any atom is -0.478 e. The molecule has 0 bridgehead atoms. The summed E-state index contributed by atoms with van der Waals surface area (Å²) in [4.78, 5) is 38.7. The summed E-state index contributed by atoms with van der Waals surface area (Å²) in [6, 6.07) is 9.17. The summed E-state index contributed by atoms with van der Waals surface area (Å²) in [6.07, 6.45) is 0. The van der Waals surface area contributed by atoms with E-state index in [2.05, 4.69) is 5.32 Å². The lowest BCUT2D eigenvalue weighted by atomic mass is 10.0. The largest absolute Gasteiger partial charge is 0.478 e. The smallest absolute Gasteiger partial charge is 0.335 e. The number of nitrogens with one attached hydrogen (secondary N) is 1. The maximum Gasteiger partial charge on any atom is 0.335 e. The first-order chi connectivity index (χ1) is 13.5. The van der Waals surface area contributed by atoms with Crippen molar-refractivity contribution in [1.82, 2.24) is 0 Å². The summed E-state index contributed by atoms with van der Waals surface area (Å²) in [5.74, 6) is -1.58. The van der Waals surface area contributed by atoms with Gasteiger partial charge in [-0.25, -0.2) is 4.79 Å². The predicted molar refractivity (Wildman–Crippen MR) is 110 cm³/mol. The Morgan fingerprint density at radius 1 is 1.14 bits per heavy atom. The van der Waals surface area contributed by atoms with Crippen LogP contribution in [0.5, 0.6) is 5.75 Å². The zero-order valence-electron chi connectivity index (χ0n) is 17.1. The molecule has 2 aromatic carbocycles. The van der Waals surface area contributed by atoms with E-state index in [1.54, 1.807) is 20.8 Å². The van der Waals surface area contributed by atoms with Crippen LogP contribution in [0.15, 0.2) is 36.4 Å². The standard InChI is InChI=1S/C22H24N2O5/c1-12-6-7-13(2)16(10-12)23-19(25)14(3)24-17-9-8-15(20(26)27)11-18(17)29-22(4,5)21(24)28/h6-11,14H,1-5H3,(H,23,25)(H,26,27). The molecule has 1 heterocycles. The summed E-state index contributed by atoms with van der Waals surface area (Å²) in [6.45, 7) is 8.64. The molecule has 7 heteroatoms. The van der Waals surface area contributed by atoms with Crippen LogP contribution in [0.4, 0.5) is 11.4 Å². The molecule has 1 aliphatic heterocycles. The van der Waals surface area contributed by atoms with Crippen molar-refractivity contribution in [2.45, 2.75) is 46.3 Å². The van der Waals surface area contributed by atoms with E-state index in [-0.39, 0.29) is 23.1 Å². The van der Waals surface area contributed by atoms with E-state index in [0.29, 0.717) is 11.4 Å². The monoisotopic (exact) mass is 396 g/mol. The molecule has 0 saturated heterocycles. The molecular formula is C22H24N2O5. The Morgan fingerprint density at radius 2 is 1.83 bits per heavy atom. The number of hydrogen-bond donors (Lipinski definition) is 2. The first-order valence-corrected chi connectivity index (χ1v) is 9.29. The number of carbonyl (C=O) groups excluding carboxylic acids is 2. The lowest BCUT2D eigenvalue weighted by molar-refractivity contribution is -0.134. The first kappa shape index (κ1) is 20.4. The molecule has 2 aromatic rings. The summed E-state index contributed by atoms with van der Waals surface area (Å²) in [7, 11) is 0. The maximum absolute atomic E-state index is 13.1. The number of rotatable bonds is 4. The van der Waals surface area contributed by atoms with Gasteiger partial charge in [-0.05, 0) is 70.0 Å². The Labute approximate surface area is 169 Å². The number of carboxylic acids is 1. The average Bonchev–Trinajstić information content (AvgIpc) is 2.64. The van der Waals surface area contributed by atoms with Gasteiger partial charge in [0.2, 0.25) is 5.91 Å². The van der Waals surface area contributed by atoms with E-state index in [1.165, 1.54) is 23.1 Å². The van der Waals surface area contributed by atoms with E-state index in [9.17, 15) is 19.5 Å². The number of aryl methyl sites for hydroxylation is 2. The van der Waals surface area contributed by atoms with Crippen molar-refractivity contribution >= 4 is 29.2 Å². The lowest BCUT2D eigenvalue weighted by Gasteiger charge is -2.41. The van der Waals surface area contributed by atoms with Crippen LogP contribution < -0.4 is 15.0 Å². The molecule has 1 atom stereocenters. The minimum absolute atomic E-state index is 0.0429. The van der Waals surface area contributed by atoms with E-state index in [4.69, 9.17) is 4.74 Å². The maximum atomic E-state index is 13.1. The minimum atomic E-state index is -1.24. The molecule has 0 saturated carbocycles. The van der Waals surface area contributed by atoms with Gasteiger partial charge in [-0.2, -0.15) is 0 Å². The van der Waals surface area contributed by atoms with Crippen LogP contribution in [0.25, 0.3) is 0 Å². The van der Waals surface area contributed by atoms with Crippen molar-refractivity contribution < 1.29 is 24.2 Å². The summed E-state index contributed by atoms with van der Waals surface area (Å²) in [5.41, 5.74) is 1.77. The molecule has 152 valence electrons. The Hall–Kier alpha value is -3.35. The molecule has 0 fully saturated rings. The number of amides is 2.